The van der Waals surface area contributed by atoms with Gasteiger partial charge in [-0.05, 0) is 43.4 Å². The Hall–Kier alpha value is -3.33. The number of aromatic nitrogens is 4. The third kappa shape index (κ3) is 3.97. The van der Waals surface area contributed by atoms with Crippen molar-refractivity contribution in [3.05, 3.63) is 47.5 Å². The molecule has 0 radical (unpaired) electrons. The number of rotatable bonds is 5. The van der Waals surface area contributed by atoms with Crippen LogP contribution in [0.2, 0.25) is 5.15 Å². The molecule has 1 saturated carbocycles. The number of hydrogen-bond acceptors (Lipinski definition) is 6. The summed E-state index contributed by atoms with van der Waals surface area (Å²) in [6.07, 6.45) is 6.71. The van der Waals surface area contributed by atoms with Crippen LogP contribution >= 0.6 is 11.6 Å². The standard InChI is InChI=1S/C23H23ClN6O3/c1-13(31)22-15-8-9-25-11-18(15)29(28-22)12-21(32)30-16-5-2-4-14(16)10-17(30)23(33)27-20-7-3-6-19(24)26-20/h3,6-9,11,14,16-17H,2,4-5,10,12H2,1H3,(H,26,27,33)/t14-,16-,17-/m0/s1. The number of carbonyl (C=O) groups excluding carboxylic acids is 3. The minimum Gasteiger partial charge on any atom is -0.326 e. The van der Waals surface area contributed by atoms with Gasteiger partial charge < -0.3 is 10.2 Å². The number of carbonyl (C=O) groups is 3. The molecule has 10 heteroatoms. The van der Waals surface area contributed by atoms with Gasteiger partial charge in [0, 0.05) is 24.5 Å². The number of amides is 2. The first kappa shape index (κ1) is 21.5. The van der Waals surface area contributed by atoms with Gasteiger partial charge in [0.2, 0.25) is 11.8 Å². The Morgan fingerprint density at radius 1 is 1.21 bits per heavy atom. The Bertz CT molecular complexity index is 1260. The van der Waals surface area contributed by atoms with Gasteiger partial charge in [-0.3, -0.25) is 24.0 Å². The van der Waals surface area contributed by atoms with Crippen molar-refractivity contribution in [3.8, 4) is 0 Å². The minimum absolute atomic E-state index is 0.0211. The summed E-state index contributed by atoms with van der Waals surface area (Å²) >= 11 is 5.94. The number of anilines is 1. The van der Waals surface area contributed by atoms with E-state index >= 15 is 0 Å². The zero-order valence-electron chi connectivity index (χ0n) is 18.1. The van der Waals surface area contributed by atoms with E-state index in [0.717, 1.165) is 19.3 Å². The fourth-order valence-corrected chi connectivity index (χ4v) is 5.34. The largest absolute Gasteiger partial charge is 0.326 e. The van der Waals surface area contributed by atoms with E-state index in [0.29, 0.717) is 34.8 Å². The number of nitrogens with one attached hydrogen (secondary N) is 1. The molecule has 9 nitrogen and oxygen atoms in total. The van der Waals surface area contributed by atoms with Crippen LogP contribution in [0.4, 0.5) is 5.82 Å². The fourth-order valence-electron chi connectivity index (χ4n) is 5.18. The highest BCUT2D eigenvalue weighted by Crippen LogP contribution is 2.41. The molecule has 33 heavy (non-hydrogen) atoms. The van der Waals surface area contributed by atoms with Gasteiger partial charge in [-0.2, -0.15) is 5.10 Å². The Morgan fingerprint density at radius 2 is 2.06 bits per heavy atom. The molecule has 0 spiro atoms. The topological polar surface area (TPSA) is 110 Å². The molecule has 2 amide bonds. The molecule has 2 fully saturated rings. The van der Waals surface area contributed by atoms with E-state index in [1.54, 1.807) is 41.6 Å². The van der Waals surface area contributed by atoms with Crippen molar-refractivity contribution in [1.82, 2.24) is 24.6 Å². The molecule has 0 aromatic carbocycles. The van der Waals surface area contributed by atoms with Crippen LogP contribution in [0, 0.1) is 5.92 Å². The van der Waals surface area contributed by atoms with Crippen LogP contribution in [-0.4, -0.2) is 54.3 Å². The van der Waals surface area contributed by atoms with Gasteiger partial charge in [-0.15, -0.1) is 0 Å². The van der Waals surface area contributed by atoms with Crippen LogP contribution in [0.5, 0.6) is 0 Å². The molecule has 1 saturated heterocycles. The van der Waals surface area contributed by atoms with E-state index in [1.807, 2.05) is 0 Å². The smallest absolute Gasteiger partial charge is 0.248 e. The maximum absolute atomic E-state index is 13.5. The van der Waals surface area contributed by atoms with Gasteiger partial charge in [-0.1, -0.05) is 24.1 Å². The highest BCUT2D eigenvalue weighted by molar-refractivity contribution is 6.29. The van der Waals surface area contributed by atoms with Crippen molar-refractivity contribution >= 4 is 45.9 Å². The molecule has 3 atom stereocenters. The molecular weight excluding hydrogens is 444 g/mol. The number of nitrogens with zero attached hydrogens (tertiary/aromatic N) is 5. The molecule has 4 heterocycles. The molecule has 1 N–H and O–H groups in total. The summed E-state index contributed by atoms with van der Waals surface area (Å²) in [5.74, 6) is -0.00960. The molecule has 5 rings (SSSR count). The van der Waals surface area contributed by atoms with Gasteiger partial charge in [0.15, 0.2) is 5.78 Å². The average Bonchev–Trinajstić information content (AvgIpc) is 3.47. The lowest BCUT2D eigenvalue weighted by Crippen LogP contribution is -2.48. The first-order chi connectivity index (χ1) is 15.9. The second-order valence-corrected chi connectivity index (χ2v) is 8.99. The van der Waals surface area contributed by atoms with Crippen LogP contribution < -0.4 is 5.32 Å². The number of hydrogen-bond donors (Lipinski definition) is 1. The second-order valence-electron chi connectivity index (χ2n) is 8.60. The lowest BCUT2D eigenvalue weighted by Gasteiger charge is -2.29. The van der Waals surface area contributed by atoms with Gasteiger partial charge in [-0.25, -0.2) is 4.98 Å². The lowest BCUT2D eigenvalue weighted by atomic mass is 10.0. The predicted octanol–water partition coefficient (Wildman–Crippen LogP) is 3.09. The summed E-state index contributed by atoms with van der Waals surface area (Å²) in [4.78, 5) is 48.7. The molecule has 1 aliphatic carbocycles. The average molecular weight is 467 g/mol. The van der Waals surface area contributed by atoms with E-state index < -0.39 is 6.04 Å². The minimum atomic E-state index is -0.596. The van der Waals surface area contributed by atoms with Gasteiger partial charge in [0.25, 0.3) is 0 Å². The summed E-state index contributed by atoms with van der Waals surface area (Å²) in [5, 5.41) is 8.13. The number of halogens is 1. The molecule has 0 unspecified atom stereocenters. The monoisotopic (exact) mass is 466 g/mol. The van der Waals surface area contributed by atoms with E-state index in [-0.39, 0.29) is 35.3 Å². The Balaban J connectivity index is 1.42. The first-order valence-electron chi connectivity index (χ1n) is 11.0. The molecule has 3 aromatic heterocycles. The van der Waals surface area contributed by atoms with E-state index in [1.165, 1.54) is 11.6 Å². The highest BCUT2D eigenvalue weighted by atomic mass is 35.5. The summed E-state index contributed by atoms with van der Waals surface area (Å²) in [5.41, 5.74) is 0.920. The number of likely N-dealkylation sites (tertiary alicyclic amines) is 1. The van der Waals surface area contributed by atoms with Crippen molar-refractivity contribution in [2.75, 3.05) is 5.32 Å². The normalized spacial score (nSPS) is 21.9. The van der Waals surface area contributed by atoms with Crippen LogP contribution in [-0.2, 0) is 16.1 Å². The van der Waals surface area contributed by atoms with Crippen LogP contribution in [0.25, 0.3) is 10.9 Å². The maximum Gasteiger partial charge on any atom is 0.248 e. The second kappa shape index (κ2) is 8.55. The molecule has 170 valence electrons. The Morgan fingerprint density at radius 3 is 2.85 bits per heavy atom. The molecule has 3 aromatic rings. The summed E-state index contributed by atoms with van der Waals surface area (Å²) in [7, 11) is 0. The van der Waals surface area contributed by atoms with E-state index in [2.05, 4.69) is 20.4 Å². The van der Waals surface area contributed by atoms with Gasteiger partial charge in [0.1, 0.15) is 29.3 Å². The number of ketones is 1. The number of fused-ring (bicyclic) bond motifs is 2. The van der Waals surface area contributed by atoms with Crippen molar-refractivity contribution in [2.45, 2.75) is 51.2 Å². The third-order valence-corrected chi connectivity index (χ3v) is 6.78. The quantitative estimate of drug-likeness (QED) is 0.457. The molecule has 1 aliphatic heterocycles. The zero-order valence-corrected chi connectivity index (χ0v) is 18.8. The number of pyridine rings is 2. The van der Waals surface area contributed by atoms with Crippen LogP contribution in [0.15, 0.2) is 36.7 Å². The predicted molar refractivity (Wildman–Crippen MR) is 122 cm³/mol. The highest BCUT2D eigenvalue weighted by Gasteiger charge is 2.48. The summed E-state index contributed by atoms with van der Waals surface area (Å²) in [6.45, 7) is 1.38. The van der Waals surface area contributed by atoms with E-state index in [9.17, 15) is 14.4 Å². The Labute approximate surface area is 195 Å². The van der Waals surface area contributed by atoms with Gasteiger partial charge >= 0.3 is 0 Å². The maximum atomic E-state index is 13.5. The van der Waals surface area contributed by atoms with Crippen molar-refractivity contribution in [3.63, 3.8) is 0 Å². The SMILES string of the molecule is CC(=O)c1nn(CC(=O)N2[C@H](C(=O)Nc3cccc(Cl)n3)C[C@@H]3CCC[C@@H]32)c2cnccc12. The molecule has 0 bridgehead atoms. The van der Waals surface area contributed by atoms with Crippen molar-refractivity contribution < 1.29 is 14.4 Å². The van der Waals surface area contributed by atoms with Gasteiger partial charge in [0.05, 0.1) is 11.7 Å². The zero-order chi connectivity index (χ0) is 23.1. The van der Waals surface area contributed by atoms with Crippen molar-refractivity contribution in [2.24, 2.45) is 5.92 Å². The number of Topliss-reactive ketones (excluding diaryl/α,β-unsaturated/α-hetero) is 1. The molecular formula is C23H23ClN6O3. The fraction of sp³-hybridized carbons (Fsp3) is 0.391. The Kier molecular flexibility index (Phi) is 5.57. The van der Waals surface area contributed by atoms with E-state index in [4.69, 9.17) is 11.6 Å². The summed E-state index contributed by atoms with van der Waals surface area (Å²) < 4.78 is 1.51. The van der Waals surface area contributed by atoms with Crippen LogP contribution in [0.3, 0.4) is 0 Å². The molecule has 2 aliphatic rings. The first-order valence-corrected chi connectivity index (χ1v) is 11.4. The van der Waals surface area contributed by atoms with Crippen LogP contribution in [0.1, 0.15) is 43.1 Å². The van der Waals surface area contributed by atoms with Crippen molar-refractivity contribution in [1.29, 1.82) is 0 Å². The summed E-state index contributed by atoms with van der Waals surface area (Å²) in [6, 6.07) is 6.15. The lowest BCUT2D eigenvalue weighted by molar-refractivity contribution is -0.139. The third-order valence-electron chi connectivity index (χ3n) is 6.57.